The van der Waals surface area contributed by atoms with Crippen molar-refractivity contribution in [1.29, 1.82) is 0 Å². The highest BCUT2D eigenvalue weighted by Crippen LogP contribution is 2.22. The second kappa shape index (κ2) is 5.72. The van der Waals surface area contributed by atoms with E-state index in [1.54, 1.807) is 0 Å². The van der Waals surface area contributed by atoms with Gasteiger partial charge in [0.15, 0.2) is 0 Å². The topological polar surface area (TPSA) is 6.48 Å². The van der Waals surface area contributed by atoms with Crippen molar-refractivity contribution in [3.8, 4) is 0 Å². The number of hydrogen-bond acceptors (Lipinski definition) is 2. The first-order valence-electron chi connectivity index (χ1n) is 6.87. The Labute approximate surface area is 100 Å². The molecule has 0 radical (unpaired) electrons. The standard InChI is InChI=1S/C14H26N2/c1-3-15-10-6-14(7-11-15)12-16-8-4-13(2)5-9-16/h3,13-14H,1,4-12H2,2H3. The van der Waals surface area contributed by atoms with Gasteiger partial charge in [-0.25, -0.2) is 0 Å². The van der Waals surface area contributed by atoms with Gasteiger partial charge >= 0.3 is 0 Å². The summed E-state index contributed by atoms with van der Waals surface area (Å²) in [6, 6.07) is 0. The second-order valence-electron chi connectivity index (χ2n) is 5.65. The van der Waals surface area contributed by atoms with Crippen molar-refractivity contribution < 1.29 is 0 Å². The fourth-order valence-corrected chi connectivity index (χ4v) is 2.93. The van der Waals surface area contributed by atoms with Crippen molar-refractivity contribution in [2.45, 2.75) is 32.6 Å². The third kappa shape index (κ3) is 3.24. The molecule has 0 N–H and O–H groups in total. The van der Waals surface area contributed by atoms with E-state index in [4.69, 9.17) is 0 Å². The first-order valence-corrected chi connectivity index (χ1v) is 6.87. The van der Waals surface area contributed by atoms with E-state index in [-0.39, 0.29) is 0 Å². The van der Waals surface area contributed by atoms with Gasteiger partial charge in [-0.15, -0.1) is 0 Å². The van der Waals surface area contributed by atoms with Crippen molar-refractivity contribution in [1.82, 2.24) is 9.80 Å². The van der Waals surface area contributed by atoms with E-state index in [2.05, 4.69) is 23.3 Å². The third-order valence-electron chi connectivity index (χ3n) is 4.30. The van der Waals surface area contributed by atoms with Crippen molar-refractivity contribution in [3.63, 3.8) is 0 Å². The minimum absolute atomic E-state index is 0.935. The molecule has 0 spiro atoms. The predicted molar refractivity (Wildman–Crippen MR) is 69.3 cm³/mol. The van der Waals surface area contributed by atoms with E-state index in [1.807, 2.05) is 6.20 Å². The van der Waals surface area contributed by atoms with Crippen LogP contribution in [0.3, 0.4) is 0 Å². The Hall–Kier alpha value is -0.500. The molecule has 2 saturated heterocycles. The van der Waals surface area contributed by atoms with E-state index >= 15 is 0 Å². The second-order valence-corrected chi connectivity index (χ2v) is 5.65. The highest BCUT2D eigenvalue weighted by Gasteiger charge is 2.22. The summed E-state index contributed by atoms with van der Waals surface area (Å²) in [4.78, 5) is 5.04. The molecular formula is C14H26N2. The maximum atomic E-state index is 3.85. The van der Waals surface area contributed by atoms with Crippen molar-refractivity contribution in [2.24, 2.45) is 11.8 Å². The van der Waals surface area contributed by atoms with Gasteiger partial charge in [0.25, 0.3) is 0 Å². The Morgan fingerprint density at radius 1 is 1.06 bits per heavy atom. The van der Waals surface area contributed by atoms with Crippen LogP contribution in [0.1, 0.15) is 32.6 Å². The van der Waals surface area contributed by atoms with E-state index in [0.717, 1.165) is 11.8 Å². The van der Waals surface area contributed by atoms with Crippen LogP contribution in [0.25, 0.3) is 0 Å². The summed E-state index contributed by atoms with van der Waals surface area (Å²) < 4.78 is 0. The third-order valence-corrected chi connectivity index (χ3v) is 4.30. The van der Waals surface area contributed by atoms with E-state index in [0.29, 0.717) is 0 Å². The molecular weight excluding hydrogens is 196 g/mol. The fourth-order valence-electron chi connectivity index (χ4n) is 2.93. The Bertz CT molecular complexity index is 211. The van der Waals surface area contributed by atoms with Crippen LogP contribution in [0, 0.1) is 11.8 Å². The molecule has 2 fully saturated rings. The molecule has 0 aromatic heterocycles. The molecule has 0 unspecified atom stereocenters. The van der Waals surface area contributed by atoms with Gasteiger partial charge in [-0.1, -0.05) is 13.5 Å². The minimum atomic E-state index is 0.935. The molecule has 0 aromatic carbocycles. The molecule has 2 nitrogen and oxygen atoms in total. The molecule has 0 aromatic rings. The largest absolute Gasteiger partial charge is 0.378 e. The summed E-state index contributed by atoms with van der Waals surface area (Å²) >= 11 is 0. The van der Waals surface area contributed by atoms with Crippen LogP contribution in [0.2, 0.25) is 0 Å². The SMILES string of the molecule is C=CN1CCC(CN2CCC(C)CC2)CC1. The Morgan fingerprint density at radius 3 is 2.25 bits per heavy atom. The number of hydrogen-bond donors (Lipinski definition) is 0. The van der Waals surface area contributed by atoms with Crippen molar-refractivity contribution in [3.05, 3.63) is 12.8 Å². The average molecular weight is 222 g/mol. The van der Waals surface area contributed by atoms with Gasteiger partial charge in [0, 0.05) is 19.6 Å². The van der Waals surface area contributed by atoms with Crippen molar-refractivity contribution in [2.75, 3.05) is 32.7 Å². The molecule has 2 aliphatic heterocycles. The Morgan fingerprint density at radius 2 is 1.69 bits per heavy atom. The van der Waals surface area contributed by atoms with Crippen LogP contribution in [-0.2, 0) is 0 Å². The summed E-state index contributed by atoms with van der Waals surface area (Å²) in [6.45, 7) is 12.7. The molecule has 2 rings (SSSR count). The summed E-state index contributed by atoms with van der Waals surface area (Å²) in [7, 11) is 0. The zero-order valence-corrected chi connectivity index (χ0v) is 10.7. The molecule has 0 bridgehead atoms. The maximum Gasteiger partial charge on any atom is 0.0175 e. The maximum absolute atomic E-state index is 3.85. The number of likely N-dealkylation sites (tertiary alicyclic amines) is 2. The lowest BCUT2D eigenvalue weighted by molar-refractivity contribution is 0.136. The fraction of sp³-hybridized carbons (Fsp3) is 0.857. The molecule has 2 heterocycles. The summed E-state index contributed by atoms with van der Waals surface area (Å²) in [5, 5.41) is 0. The van der Waals surface area contributed by atoms with Gasteiger partial charge < -0.3 is 9.80 Å². The normalized spacial score (nSPS) is 25.9. The van der Waals surface area contributed by atoms with Gasteiger partial charge in [-0.2, -0.15) is 0 Å². The molecule has 0 aliphatic carbocycles. The lowest BCUT2D eigenvalue weighted by Crippen LogP contribution is -2.40. The Balaban J connectivity index is 1.68. The number of nitrogens with zero attached hydrogens (tertiary/aromatic N) is 2. The van der Waals surface area contributed by atoms with E-state index < -0.39 is 0 Å². The van der Waals surface area contributed by atoms with Gasteiger partial charge in [-0.3, -0.25) is 0 Å². The van der Waals surface area contributed by atoms with Gasteiger partial charge in [0.1, 0.15) is 0 Å². The minimum Gasteiger partial charge on any atom is -0.378 e. The summed E-state index contributed by atoms with van der Waals surface area (Å²) in [5.41, 5.74) is 0. The average Bonchev–Trinajstić information content (AvgIpc) is 2.33. The number of rotatable bonds is 3. The molecule has 0 atom stereocenters. The van der Waals surface area contributed by atoms with Crippen LogP contribution < -0.4 is 0 Å². The Kier molecular flexibility index (Phi) is 4.28. The quantitative estimate of drug-likeness (QED) is 0.724. The van der Waals surface area contributed by atoms with Crippen LogP contribution in [0.5, 0.6) is 0 Å². The van der Waals surface area contributed by atoms with E-state index in [9.17, 15) is 0 Å². The van der Waals surface area contributed by atoms with Gasteiger partial charge in [0.2, 0.25) is 0 Å². The van der Waals surface area contributed by atoms with Crippen LogP contribution in [-0.4, -0.2) is 42.5 Å². The number of piperidine rings is 2. The predicted octanol–water partition coefficient (Wildman–Crippen LogP) is 2.57. The molecule has 2 heteroatoms. The summed E-state index contributed by atoms with van der Waals surface area (Å²) in [5.74, 6) is 1.89. The lowest BCUT2D eigenvalue weighted by atomic mass is 9.94. The molecule has 0 amide bonds. The van der Waals surface area contributed by atoms with Gasteiger partial charge in [0.05, 0.1) is 0 Å². The van der Waals surface area contributed by atoms with Crippen LogP contribution in [0.4, 0.5) is 0 Å². The van der Waals surface area contributed by atoms with Crippen molar-refractivity contribution >= 4 is 0 Å². The molecule has 0 saturated carbocycles. The van der Waals surface area contributed by atoms with Crippen LogP contribution in [0.15, 0.2) is 12.8 Å². The molecule has 92 valence electrons. The zero-order valence-electron chi connectivity index (χ0n) is 10.7. The van der Waals surface area contributed by atoms with Crippen LogP contribution >= 0.6 is 0 Å². The molecule has 2 aliphatic rings. The highest BCUT2D eigenvalue weighted by molar-refractivity contribution is 4.81. The first-order chi connectivity index (χ1) is 7.78. The smallest absolute Gasteiger partial charge is 0.0175 e. The molecule has 16 heavy (non-hydrogen) atoms. The van der Waals surface area contributed by atoms with E-state index in [1.165, 1.54) is 58.4 Å². The lowest BCUT2D eigenvalue weighted by Gasteiger charge is -2.36. The zero-order chi connectivity index (χ0) is 11.4. The first kappa shape index (κ1) is 12.0. The summed E-state index contributed by atoms with van der Waals surface area (Å²) in [6.07, 6.45) is 7.53. The van der Waals surface area contributed by atoms with Gasteiger partial charge in [-0.05, 0) is 56.8 Å². The monoisotopic (exact) mass is 222 g/mol. The highest BCUT2D eigenvalue weighted by atomic mass is 15.1.